The van der Waals surface area contributed by atoms with Gasteiger partial charge in [-0.2, -0.15) is 0 Å². The van der Waals surface area contributed by atoms with Crippen LogP contribution in [0.4, 0.5) is 4.79 Å². The smallest absolute Gasteiger partial charge is 0.294 e. The van der Waals surface area contributed by atoms with Crippen LogP contribution in [0.1, 0.15) is 30.0 Å². The second kappa shape index (κ2) is 10.8. The fraction of sp³-hybridized carbons (Fsp3) is 0.320. The van der Waals surface area contributed by atoms with Crippen LogP contribution in [0.2, 0.25) is 0 Å². The fourth-order valence-corrected chi connectivity index (χ4v) is 5.52. The van der Waals surface area contributed by atoms with E-state index in [-0.39, 0.29) is 17.4 Å². The van der Waals surface area contributed by atoms with Gasteiger partial charge in [-0.1, -0.05) is 31.2 Å². The number of ether oxygens (including phenoxy) is 2. The summed E-state index contributed by atoms with van der Waals surface area (Å²) in [4.78, 5) is 41.5. The number of carbonyl (C=O) groups is 3. The number of carbonyl (C=O) groups excluding carboxylic acids is 3. The van der Waals surface area contributed by atoms with Gasteiger partial charge in [0, 0.05) is 13.1 Å². The molecule has 3 amide bonds. The second-order valence-electron chi connectivity index (χ2n) is 7.98. The molecule has 2 aromatic carbocycles. The van der Waals surface area contributed by atoms with Crippen LogP contribution in [0, 0.1) is 3.57 Å². The highest BCUT2D eigenvalue weighted by molar-refractivity contribution is 14.1. The van der Waals surface area contributed by atoms with Crippen LogP contribution in [0.3, 0.4) is 0 Å². The molecule has 34 heavy (non-hydrogen) atoms. The van der Waals surface area contributed by atoms with Crippen molar-refractivity contribution in [3.8, 4) is 11.5 Å². The van der Waals surface area contributed by atoms with Crippen molar-refractivity contribution >= 4 is 57.5 Å². The Bertz CT molecular complexity index is 1170. The largest absolute Gasteiger partial charge is 0.493 e. The topological polar surface area (TPSA) is 76.2 Å². The molecule has 2 heterocycles. The fourth-order valence-electron chi connectivity index (χ4n) is 3.90. The monoisotopic (exact) mass is 592 g/mol. The molecule has 0 aromatic heterocycles. The number of fused-ring (bicyclic) bond motifs is 1. The minimum Gasteiger partial charge on any atom is -0.493 e. The predicted molar refractivity (Wildman–Crippen MR) is 140 cm³/mol. The van der Waals surface area contributed by atoms with Gasteiger partial charge in [-0.05, 0) is 82.1 Å². The quantitative estimate of drug-likeness (QED) is 0.343. The highest BCUT2D eigenvalue weighted by atomic mass is 127. The Hall–Kier alpha value is -2.53. The summed E-state index contributed by atoms with van der Waals surface area (Å²) < 4.78 is 12.1. The van der Waals surface area contributed by atoms with Crippen LogP contribution in [-0.2, 0) is 22.6 Å². The first-order valence-electron chi connectivity index (χ1n) is 11.0. The van der Waals surface area contributed by atoms with Crippen molar-refractivity contribution in [1.29, 1.82) is 0 Å². The maximum Gasteiger partial charge on any atom is 0.294 e. The average Bonchev–Trinajstić information content (AvgIpc) is 3.09. The highest BCUT2D eigenvalue weighted by Gasteiger charge is 2.37. The molecule has 1 saturated heterocycles. The van der Waals surface area contributed by atoms with Crippen molar-refractivity contribution in [3.63, 3.8) is 0 Å². The maximum absolute atomic E-state index is 13.0. The Kier molecular flexibility index (Phi) is 7.82. The molecule has 0 saturated carbocycles. The number of rotatable bonds is 7. The molecule has 0 aliphatic carbocycles. The molecule has 0 radical (unpaired) electrons. The van der Waals surface area contributed by atoms with Crippen molar-refractivity contribution in [2.75, 3.05) is 26.8 Å². The zero-order valence-corrected chi connectivity index (χ0v) is 22.0. The van der Waals surface area contributed by atoms with Gasteiger partial charge in [-0.3, -0.25) is 19.3 Å². The lowest BCUT2D eigenvalue weighted by Gasteiger charge is -2.29. The summed E-state index contributed by atoms with van der Waals surface area (Å²) in [5, 5.41) is -0.438. The molecule has 1 fully saturated rings. The molecule has 4 rings (SSSR count). The van der Waals surface area contributed by atoms with E-state index in [4.69, 9.17) is 9.47 Å². The van der Waals surface area contributed by atoms with Crippen LogP contribution >= 0.6 is 34.4 Å². The summed E-state index contributed by atoms with van der Waals surface area (Å²) in [6, 6.07) is 11.7. The molecular formula is C25H25IN2O5S. The number of benzene rings is 2. The summed E-state index contributed by atoms with van der Waals surface area (Å²) in [6.07, 6.45) is 3.29. The van der Waals surface area contributed by atoms with E-state index in [0.29, 0.717) is 31.2 Å². The van der Waals surface area contributed by atoms with E-state index in [9.17, 15) is 14.4 Å². The Labute approximate surface area is 216 Å². The molecule has 0 spiro atoms. The van der Waals surface area contributed by atoms with E-state index in [2.05, 4.69) is 28.7 Å². The molecule has 178 valence electrons. The van der Waals surface area contributed by atoms with Crippen molar-refractivity contribution in [2.24, 2.45) is 0 Å². The van der Waals surface area contributed by atoms with Gasteiger partial charge < -0.3 is 14.4 Å². The predicted octanol–water partition coefficient (Wildman–Crippen LogP) is 4.71. The van der Waals surface area contributed by atoms with Crippen LogP contribution in [0.5, 0.6) is 11.5 Å². The second-order valence-corrected chi connectivity index (χ2v) is 10.1. The van der Waals surface area contributed by atoms with E-state index in [1.807, 2.05) is 31.2 Å². The summed E-state index contributed by atoms with van der Waals surface area (Å²) in [6.45, 7) is 3.41. The van der Waals surface area contributed by atoms with Gasteiger partial charge in [-0.15, -0.1) is 0 Å². The molecule has 9 heteroatoms. The Morgan fingerprint density at radius 1 is 1.21 bits per heavy atom. The number of halogens is 1. The van der Waals surface area contributed by atoms with Crippen molar-refractivity contribution in [1.82, 2.24) is 9.80 Å². The zero-order chi connectivity index (χ0) is 24.2. The third-order valence-corrected chi connectivity index (χ3v) is 7.36. The minimum atomic E-state index is -0.457. The Morgan fingerprint density at radius 3 is 2.71 bits per heavy atom. The highest BCUT2D eigenvalue weighted by Crippen LogP contribution is 2.37. The van der Waals surface area contributed by atoms with E-state index in [0.717, 1.165) is 44.2 Å². The average molecular weight is 592 g/mol. The number of imide groups is 1. The first-order chi connectivity index (χ1) is 16.4. The lowest BCUT2D eigenvalue weighted by Crippen LogP contribution is -2.44. The molecule has 2 aliphatic rings. The first-order valence-corrected chi connectivity index (χ1v) is 12.9. The molecule has 0 bridgehead atoms. The summed E-state index contributed by atoms with van der Waals surface area (Å²) in [7, 11) is 1.56. The van der Waals surface area contributed by atoms with Crippen molar-refractivity contribution in [2.45, 2.75) is 26.3 Å². The molecule has 7 nitrogen and oxygen atoms in total. The number of nitrogens with zero attached hydrogens (tertiary/aromatic N) is 2. The van der Waals surface area contributed by atoms with E-state index in [1.165, 1.54) is 5.56 Å². The first kappa shape index (κ1) is 24.6. The van der Waals surface area contributed by atoms with Gasteiger partial charge in [-0.25, -0.2) is 0 Å². The van der Waals surface area contributed by atoms with Gasteiger partial charge in [0.2, 0.25) is 5.91 Å². The number of methoxy groups -OCH3 is 1. The van der Waals surface area contributed by atoms with Crippen LogP contribution < -0.4 is 9.47 Å². The van der Waals surface area contributed by atoms with Crippen LogP contribution in [-0.4, -0.2) is 53.7 Å². The van der Waals surface area contributed by atoms with Gasteiger partial charge in [0.1, 0.15) is 6.54 Å². The molecule has 2 aliphatic heterocycles. The SMILES string of the molecule is CCCOc1c(I)cc(/C=C2\SC(=O)N(CC(=O)N3CCc4ccccc4C3)C2=O)cc1OC. The van der Waals surface area contributed by atoms with E-state index >= 15 is 0 Å². The number of amides is 3. The van der Waals surface area contributed by atoms with Crippen LogP contribution in [0.25, 0.3) is 6.08 Å². The van der Waals surface area contributed by atoms with Crippen molar-refractivity contribution < 1.29 is 23.9 Å². The third-order valence-electron chi connectivity index (χ3n) is 5.65. The Morgan fingerprint density at radius 2 is 1.97 bits per heavy atom. The third kappa shape index (κ3) is 5.25. The summed E-state index contributed by atoms with van der Waals surface area (Å²) >= 11 is 3.01. The molecule has 0 N–H and O–H groups in total. The van der Waals surface area contributed by atoms with Crippen molar-refractivity contribution in [3.05, 3.63) is 61.6 Å². The summed E-state index contributed by atoms with van der Waals surface area (Å²) in [5.41, 5.74) is 3.05. The zero-order valence-electron chi connectivity index (χ0n) is 19.0. The number of hydrogen-bond donors (Lipinski definition) is 0. The lowest BCUT2D eigenvalue weighted by molar-refractivity contribution is -0.136. The van der Waals surface area contributed by atoms with Crippen LogP contribution in [0.15, 0.2) is 41.3 Å². The standard InChI is InChI=1S/C25H25IN2O5S/c1-3-10-33-23-19(26)11-16(12-20(23)32-2)13-21-24(30)28(25(31)34-21)15-22(29)27-9-8-17-6-4-5-7-18(17)14-27/h4-7,11-13H,3,8-10,14-15H2,1-2H3/b21-13-. The molecular weight excluding hydrogens is 567 g/mol. The number of hydrogen-bond acceptors (Lipinski definition) is 6. The lowest BCUT2D eigenvalue weighted by atomic mass is 10.00. The molecule has 2 aromatic rings. The van der Waals surface area contributed by atoms with Gasteiger partial charge in [0.25, 0.3) is 11.1 Å². The molecule has 0 unspecified atom stereocenters. The van der Waals surface area contributed by atoms with Gasteiger partial charge in [0.05, 0.1) is 22.2 Å². The van der Waals surface area contributed by atoms with E-state index < -0.39 is 11.1 Å². The summed E-state index contributed by atoms with van der Waals surface area (Å²) in [5.74, 6) is 0.531. The molecule has 0 atom stereocenters. The van der Waals surface area contributed by atoms with E-state index in [1.54, 1.807) is 24.2 Å². The van der Waals surface area contributed by atoms with Gasteiger partial charge in [0.15, 0.2) is 11.5 Å². The normalized spacial score (nSPS) is 16.7. The Balaban J connectivity index is 1.47. The maximum atomic E-state index is 13.0. The number of thioether (sulfide) groups is 1. The van der Waals surface area contributed by atoms with Gasteiger partial charge >= 0.3 is 0 Å². The minimum absolute atomic E-state index is 0.230.